The first-order valence-corrected chi connectivity index (χ1v) is 8.91. The summed E-state index contributed by atoms with van der Waals surface area (Å²) in [5.74, 6) is 1.97. The molecule has 4 heteroatoms. The van der Waals surface area contributed by atoms with E-state index in [0.717, 1.165) is 19.0 Å². The van der Waals surface area contributed by atoms with E-state index >= 15 is 0 Å². The molecule has 2 rings (SSSR count). The van der Waals surface area contributed by atoms with Crippen molar-refractivity contribution < 1.29 is 0 Å². The third-order valence-corrected chi connectivity index (χ3v) is 6.51. The van der Waals surface area contributed by atoms with Crippen molar-refractivity contribution in [2.45, 2.75) is 43.8 Å². The summed E-state index contributed by atoms with van der Waals surface area (Å²) in [7, 11) is 0. The van der Waals surface area contributed by atoms with E-state index in [1.807, 2.05) is 11.8 Å². The van der Waals surface area contributed by atoms with Crippen LogP contribution >= 0.6 is 23.5 Å². The van der Waals surface area contributed by atoms with E-state index in [2.05, 4.69) is 35.3 Å². The lowest BCUT2D eigenvalue weighted by molar-refractivity contribution is 0.395. The third kappa shape index (κ3) is 3.82. The number of rotatable bonds is 3. The first-order valence-electron chi connectivity index (χ1n) is 6.70. The molecule has 1 aliphatic carbocycles. The van der Waals surface area contributed by atoms with Crippen molar-refractivity contribution in [3.05, 3.63) is 0 Å². The lowest BCUT2D eigenvalue weighted by atomic mass is 9.88. The first-order chi connectivity index (χ1) is 8.24. The van der Waals surface area contributed by atoms with Gasteiger partial charge in [-0.25, -0.2) is 0 Å². The van der Waals surface area contributed by atoms with Crippen LogP contribution in [-0.4, -0.2) is 35.0 Å². The van der Waals surface area contributed by atoms with Gasteiger partial charge in [0.2, 0.25) is 0 Å². The summed E-state index contributed by atoms with van der Waals surface area (Å²) in [6, 6.07) is 0. The number of thioether (sulfide) groups is 2. The zero-order valence-corrected chi connectivity index (χ0v) is 12.6. The molecule has 0 bridgehead atoms. The highest BCUT2D eigenvalue weighted by Crippen LogP contribution is 2.38. The first kappa shape index (κ1) is 13.6. The molecule has 0 saturated heterocycles. The fourth-order valence-electron chi connectivity index (χ4n) is 2.55. The van der Waals surface area contributed by atoms with Crippen LogP contribution in [0.1, 0.15) is 39.0 Å². The fourth-order valence-corrected chi connectivity index (χ4v) is 4.35. The van der Waals surface area contributed by atoms with Gasteiger partial charge in [0, 0.05) is 23.6 Å². The maximum atomic E-state index is 4.62. The summed E-state index contributed by atoms with van der Waals surface area (Å²) in [6.07, 6.45) is 9.24. The predicted octanol–water partition coefficient (Wildman–Crippen LogP) is 3.38. The lowest BCUT2D eigenvalue weighted by Crippen LogP contribution is -2.41. The van der Waals surface area contributed by atoms with Crippen LogP contribution in [-0.2, 0) is 0 Å². The highest BCUT2D eigenvalue weighted by Gasteiger charge is 2.31. The molecular formula is C13H24N2S2. The molecule has 0 radical (unpaired) electrons. The molecule has 1 N–H and O–H groups in total. The van der Waals surface area contributed by atoms with Gasteiger partial charge in [0.05, 0.1) is 0 Å². The number of amidine groups is 1. The van der Waals surface area contributed by atoms with Crippen LogP contribution in [0.25, 0.3) is 0 Å². The van der Waals surface area contributed by atoms with Crippen molar-refractivity contribution in [1.29, 1.82) is 0 Å². The Morgan fingerprint density at radius 2 is 2.18 bits per heavy atom. The molecule has 0 amide bonds. The molecule has 1 saturated carbocycles. The van der Waals surface area contributed by atoms with Crippen molar-refractivity contribution >= 4 is 28.7 Å². The van der Waals surface area contributed by atoms with Gasteiger partial charge < -0.3 is 5.32 Å². The average molecular weight is 272 g/mol. The second kappa shape index (κ2) is 6.37. The Hall–Kier alpha value is 0.170. The minimum absolute atomic E-state index is 0.477. The number of nitrogens with one attached hydrogen (secondary N) is 1. The Morgan fingerprint density at radius 1 is 1.41 bits per heavy atom. The van der Waals surface area contributed by atoms with Gasteiger partial charge in [-0.15, -0.1) is 0 Å². The Labute approximate surface area is 114 Å². The number of hydrogen-bond donors (Lipinski definition) is 1. The van der Waals surface area contributed by atoms with Gasteiger partial charge in [0.1, 0.15) is 0 Å². The minimum atomic E-state index is 0.477. The van der Waals surface area contributed by atoms with Gasteiger partial charge in [-0.3, -0.25) is 4.99 Å². The summed E-state index contributed by atoms with van der Waals surface area (Å²) < 4.78 is 0.477. The van der Waals surface area contributed by atoms with Crippen molar-refractivity contribution in [2.75, 3.05) is 25.1 Å². The van der Waals surface area contributed by atoms with Gasteiger partial charge in [-0.2, -0.15) is 11.8 Å². The van der Waals surface area contributed by atoms with Crippen molar-refractivity contribution in [2.24, 2.45) is 10.9 Å². The zero-order valence-electron chi connectivity index (χ0n) is 11.0. The Balaban J connectivity index is 1.83. The van der Waals surface area contributed by atoms with Gasteiger partial charge in [0.25, 0.3) is 0 Å². The van der Waals surface area contributed by atoms with Gasteiger partial charge in [-0.1, -0.05) is 37.9 Å². The van der Waals surface area contributed by atoms with Crippen LogP contribution in [0.4, 0.5) is 0 Å². The van der Waals surface area contributed by atoms with Crippen LogP contribution in [0.15, 0.2) is 4.99 Å². The molecule has 2 nitrogen and oxygen atoms in total. The standard InChI is InChI=1S/C13H24N2S2/c1-11-8-14-12(17-9-11)15-10-13(16-2)6-4-3-5-7-13/h11H,3-10H2,1-2H3,(H,14,15). The van der Waals surface area contributed by atoms with Crippen LogP contribution in [0.5, 0.6) is 0 Å². The maximum Gasteiger partial charge on any atom is 0.156 e. The molecule has 0 spiro atoms. The van der Waals surface area contributed by atoms with Crippen molar-refractivity contribution in [1.82, 2.24) is 5.32 Å². The second-order valence-corrected chi connectivity index (χ2v) is 7.65. The van der Waals surface area contributed by atoms with Gasteiger partial charge in [0.15, 0.2) is 5.17 Å². The molecule has 0 aromatic rings. The smallest absolute Gasteiger partial charge is 0.156 e. The number of hydrogen-bond acceptors (Lipinski definition) is 4. The number of nitrogens with zero attached hydrogens (tertiary/aromatic N) is 1. The van der Waals surface area contributed by atoms with E-state index < -0.39 is 0 Å². The molecule has 1 fully saturated rings. The minimum Gasteiger partial charge on any atom is -0.364 e. The molecule has 98 valence electrons. The zero-order chi connectivity index (χ0) is 12.1. The highest BCUT2D eigenvalue weighted by atomic mass is 32.2. The Morgan fingerprint density at radius 3 is 2.76 bits per heavy atom. The number of aliphatic imine (C=N–C) groups is 1. The maximum absolute atomic E-state index is 4.62. The van der Waals surface area contributed by atoms with E-state index in [1.54, 1.807) is 0 Å². The molecule has 0 aromatic carbocycles. The van der Waals surface area contributed by atoms with Crippen LogP contribution < -0.4 is 5.32 Å². The third-order valence-electron chi connectivity index (χ3n) is 3.81. The molecule has 17 heavy (non-hydrogen) atoms. The lowest BCUT2D eigenvalue weighted by Gasteiger charge is -2.36. The monoisotopic (exact) mass is 272 g/mol. The molecule has 0 aromatic heterocycles. The molecule has 1 atom stereocenters. The van der Waals surface area contributed by atoms with Crippen LogP contribution in [0, 0.1) is 5.92 Å². The van der Waals surface area contributed by atoms with Gasteiger partial charge >= 0.3 is 0 Å². The molecule has 1 unspecified atom stereocenters. The second-order valence-electron chi connectivity index (χ2n) is 5.36. The van der Waals surface area contributed by atoms with E-state index in [1.165, 1.54) is 43.0 Å². The molecule has 2 aliphatic rings. The van der Waals surface area contributed by atoms with Crippen LogP contribution in [0.3, 0.4) is 0 Å². The SMILES string of the molecule is CSC1(CNC2=NCC(C)CS2)CCCCC1. The summed E-state index contributed by atoms with van der Waals surface area (Å²) in [5.41, 5.74) is 0. The average Bonchev–Trinajstić information content (AvgIpc) is 2.39. The van der Waals surface area contributed by atoms with E-state index in [4.69, 9.17) is 0 Å². The van der Waals surface area contributed by atoms with Crippen LogP contribution in [0.2, 0.25) is 0 Å². The molecule has 1 aliphatic heterocycles. The quantitative estimate of drug-likeness (QED) is 0.852. The summed E-state index contributed by atoms with van der Waals surface area (Å²) in [5, 5.41) is 4.78. The van der Waals surface area contributed by atoms with E-state index in [9.17, 15) is 0 Å². The topological polar surface area (TPSA) is 24.4 Å². The summed E-state index contributed by atoms with van der Waals surface area (Å²) in [4.78, 5) is 4.62. The van der Waals surface area contributed by atoms with E-state index in [0.29, 0.717) is 4.75 Å². The largest absolute Gasteiger partial charge is 0.364 e. The summed E-state index contributed by atoms with van der Waals surface area (Å²) in [6.45, 7) is 4.38. The molecule has 1 heterocycles. The predicted molar refractivity (Wildman–Crippen MR) is 81.3 cm³/mol. The van der Waals surface area contributed by atoms with E-state index in [-0.39, 0.29) is 0 Å². The highest BCUT2D eigenvalue weighted by molar-refractivity contribution is 8.13. The Bertz CT molecular complexity index is 273. The Kier molecular flexibility index (Phi) is 5.10. The van der Waals surface area contributed by atoms with Gasteiger partial charge in [-0.05, 0) is 25.0 Å². The molecular weight excluding hydrogens is 248 g/mol. The van der Waals surface area contributed by atoms with Crippen molar-refractivity contribution in [3.8, 4) is 0 Å². The normalized spacial score (nSPS) is 28.6. The summed E-state index contributed by atoms with van der Waals surface area (Å²) >= 11 is 3.95. The fraction of sp³-hybridized carbons (Fsp3) is 0.923. The van der Waals surface area contributed by atoms with Crippen molar-refractivity contribution in [3.63, 3.8) is 0 Å².